The molecule has 4 rings (SSSR count). The molecule has 5 heteroatoms. The molecule has 1 aliphatic carbocycles. The lowest BCUT2D eigenvalue weighted by atomic mass is 10.0. The van der Waals surface area contributed by atoms with Crippen LogP contribution in [0.25, 0.3) is 0 Å². The number of carbonyl (C=O) groups is 1. The van der Waals surface area contributed by atoms with Crippen molar-refractivity contribution in [2.75, 3.05) is 25.0 Å². The van der Waals surface area contributed by atoms with Crippen molar-refractivity contribution in [2.45, 2.75) is 18.4 Å². The van der Waals surface area contributed by atoms with E-state index in [2.05, 4.69) is 34.9 Å². The van der Waals surface area contributed by atoms with Crippen LogP contribution in [0.3, 0.4) is 0 Å². The van der Waals surface area contributed by atoms with Gasteiger partial charge in [-0.3, -0.25) is 0 Å². The molecule has 1 heterocycles. The van der Waals surface area contributed by atoms with Crippen LogP contribution in [0, 0.1) is 11.7 Å². The van der Waals surface area contributed by atoms with Gasteiger partial charge in [0, 0.05) is 43.2 Å². The Hall–Kier alpha value is -2.40. The number of likely N-dealkylation sites (tertiary alicyclic amines) is 1. The molecule has 0 radical (unpaired) electrons. The first-order valence-corrected chi connectivity index (χ1v) is 8.79. The molecule has 2 atom stereocenters. The highest BCUT2D eigenvalue weighted by molar-refractivity contribution is 5.89. The lowest BCUT2D eigenvalue weighted by molar-refractivity contribution is 0.129. The third kappa shape index (κ3) is 3.82. The predicted octanol–water partition coefficient (Wildman–Crippen LogP) is 3.44. The molecule has 130 valence electrons. The Morgan fingerprint density at radius 2 is 1.92 bits per heavy atom. The van der Waals surface area contributed by atoms with E-state index in [0.29, 0.717) is 23.6 Å². The average Bonchev–Trinajstić information content (AvgIpc) is 3.34. The molecule has 0 spiro atoms. The van der Waals surface area contributed by atoms with Gasteiger partial charge in [-0.2, -0.15) is 0 Å². The van der Waals surface area contributed by atoms with E-state index in [1.807, 2.05) is 6.07 Å². The van der Waals surface area contributed by atoms with E-state index in [4.69, 9.17) is 0 Å². The third-order valence-electron chi connectivity index (χ3n) is 5.01. The predicted molar refractivity (Wildman–Crippen MR) is 96.1 cm³/mol. The van der Waals surface area contributed by atoms with E-state index in [-0.39, 0.29) is 11.8 Å². The number of benzene rings is 2. The summed E-state index contributed by atoms with van der Waals surface area (Å²) >= 11 is 0. The third-order valence-corrected chi connectivity index (χ3v) is 5.01. The quantitative estimate of drug-likeness (QED) is 0.876. The van der Waals surface area contributed by atoms with Gasteiger partial charge in [-0.05, 0) is 30.2 Å². The normalized spacial score (nSPS) is 22.4. The smallest absolute Gasteiger partial charge is 0.321 e. The van der Waals surface area contributed by atoms with E-state index in [0.717, 1.165) is 19.6 Å². The number of halogens is 1. The fraction of sp³-hybridized carbons (Fsp3) is 0.350. The minimum absolute atomic E-state index is 0.157. The first-order valence-electron chi connectivity index (χ1n) is 8.79. The summed E-state index contributed by atoms with van der Waals surface area (Å²) in [4.78, 5) is 13.9. The van der Waals surface area contributed by atoms with Gasteiger partial charge in [-0.15, -0.1) is 0 Å². The van der Waals surface area contributed by atoms with Gasteiger partial charge < -0.3 is 15.5 Å². The van der Waals surface area contributed by atoms with Crippen molar-refractivity contribution in [3.05, 3.63) is 66.0 Å². The second kappa shape index (κ2) is 6.84. The highest BCUT2D eigenvalue weighted by Gasteiger charge is 2.39. The number of rotatable bonds is 5. The number of anilines is 1. The highest BCUT2D eigenvalue weighted by Crippen LogP contribution is 2.40. The van der Waals surface area contributed by atoms with Gasteiger partial charge in [0.1, 0.15) is 5.82 Å². The maximum atomic E-state index is 13.1. The fourth-order valence-electron chi connectivity index (χ4n) is 3.44. The van der Waals surface area contributed by atoms with Gasteiger partial charge >= 0.3 is 6.03 Å². The second-order valence-electron chi connectivity index (χ2n) is 6.98. The lowest BCUT2D eigenvalue weighted by Gasteiger charge is -2.39. The molecular weight excluding hydrogens is 317 g/mol. The molecule has 0 aromatic heterocycles. The van der Waals surface area contributed by atoms with Gasteiger partial charge in [0.15, 0.2) is 0 Å². The lowest BCUT2D eigenvalue weighted by Crippen LogP contribution is -2.54. The SMILES string of the molecule is O=C(Nc1cccc(F)c1)N1CC(CN[C@@H]2C[C@H]2c2ccccc2)C1. The minimum atomic E-state index is -0.346. The summed E-state index contributed by atoms with van der Waals surface area (Å²) in [5.41, 5.74) is 1.90. The van der Waals surface area contributed by atoms with Gasteiger partial charge in [0.05, 0.1) is 0 Å². The van der Waals surface area contributed by atoms with Crippen molar-refractivity contribution in [3.63, 3.8) is 0 Å². The number of urea groups is 1. The molecule has 2 N–H and O–H groups in total. The monoisotopic (exact) mass is 339 g/mol. The average molecular weight is 339 g/mol. The van der Waals surface area contributed by atoms with Crippen LogP contribution < -0.4 is 10.6 Å². The summed E-state index contributed by atoms with van der Waals surface area (Å²) < 4.78 is 13.1. The van der Waals surface area contributed by atoms with E-state index >= 15 is 0 Å². The molecule has 2 aromatic rings. The van der Waals surface area contributed by atoms with E-state index in [1.54, 1.807) is 17.0 Å². The number of hydrogen-bond donors (Lipinski definition) is 2. The highest BCUT2D eigenvalue weighted by atomic mass is 19.1. The van der Waals surface area contributed by atoms with Gasteiger partial charge in [-0.1, -0.05) is 36.4 Å². The standard InChI is InChI=1S/C20H22FN3O/c21-16-7-4-8-17(9-16)23-20(25)24-12-14(13-24)11-22-19-10-18(19)15-5-2-1-3-6-15/h1-9,14,18-19,22H,10-13H2,(H,23,25)/t18-,19+/m0/s1. The van der Waals surface area contributed by atoms with Gasteiger partial charge in [-0.25, -0.2) is 9.18 Å². The van der Waals surface area contributed by atoms with Crippen LogP contribution in [-0.2, 0) is 0 Å². The summed E-state index contributed by atoms with van der Waals surface area (Å²) in [6.45, 7) is 2.44. The molecule has 1 saturated heterocycles. The topological polar surface area (TPSA) is 44.4 Å². The van der Waals surface area contributed by atoms with Crippen LogP contribution in [0.15, 0.2) is 54.6 Å². The number of nitrogens with one attached hydrogen (secondary N) is 2. The van der Waals surface area contributed by atoms with Crippen LogP contribution >= 0.6 is 0 Å². The Morgan fingerprint density at radius 3 is 2.68 bits per heavy atom. The fourth-order valence-corrected chi connectivity index (χ4v) is 3.44. The second-order valence-corrected chi connectivity index (χ2v) is 6.98. The van der Waals surface area contributed by atoms with Gasteiger partial charge in [0.2, 0.25) is 0 Å². The summed E-state index contributed by atoms with van der Waals surface area (Å²) in [5, 5.41) is 6.35. The molecule has 2 aliphatic rings. The maximum Gasteiger partial charge on any atom is 0.321 e. The van der Waals surface area contributed by atoms with Crippen molar-refractivity contribution >= 4 is 11.7 Å². The van der Waals surface area contributed by atoms with E-state index in [9.17, 15) is 9.18 Å². The first kappa shape index (κ1) is 16.1. The van der Waals surface area contributed by atoms with Crippen LogP contribution in [0.2, 0.25) is 0 Å². The van der Waals surface area contributed by atoms with Crippen molar-refractivity contribution < 1.29 is 9.18 Å². The van der Waals surface area contributed by atoms with Crippen LogP contribution in [0.1, 0.15) is 17.9 Å². The Morgan fingerprint density at radius 1 is 1.12 bits per heavy atom. The maximum absolute atomic E-state index is 13.1. The zero-order chi connectivity index (χ0) is 17.2. The Bertz CT molecular complexity index is 746. The van der Waals surface area contributed by atoms with Crippen LogP contribution in [0.4, 0.5) is 14.9 Å². The van der Waals surface area contributed by atoms with Crippen LogP contribution in [0.5, 0.6) is 0 Å². The van der Waals surface area contributed by atoms with Crippen LogP contribution in [-0.4, -0.2) is 36.6 Å². The summed E-state index contributed by atoms with van der Waals surface area (Å²) in [6, 6.07) is 17.0. The van der Waals surface area contributed by atoms with Crippen molar-refractivity contribution in [1.82, 2.24) is 10.2 Å². The summed E-state index contributed by atoms with van der Waals surface area (Å²) in [6.07, 6.45) is 1.19. The largest absolute Gasteiger partial charge is 0.324 e. The number of carbonyl (C=O) groups excluding carboxylic acids is 1. The Kier molecular flexibility index (Phi) is 4.40. The van der Waals surface area contributed by atoms with Crippen molar-refractivity contribution in [1.29, 1.82) is 0 Å². The zero-order valence-corrected chi connectivity index (χ0v) is 14.0. The summed E-state index contributed by atoms with van der Waals surface area (Å²) in [7, 11) is 0. The molecular formula is C20H22FN3O. The minimum Gasteiger partial charge on any atom is -0.324 e. The Labute approximate surface area is 147 Å². The summed E-state index contributed by atoms with van der Waals surface area (Å²) in [5.74, 6) is 0.782. The zero-order valence-electron chi connectivity index (χ0n) is 14.0. The molecule has 0 unspecified atom stereocenters. The molecule has 1 saturated carbocycles. The molecule has 2 amide bonds. The molecule has 1 aliphatic heterocycles. The van der Waals surface area contributed by atoms with E-state index in [1.165, 1.54) is 24.1 Å². The first-order chi connectivity index (χ1) is 12.2. The molecule has 2 aromatic carbocycles. The number of hydrogen-bond acceptors (Lipinski definition) is 2. The Balaban J connectivity index is 1.17. The molecule has 25 heavy (non-hydrogen) atoms. The molecule has 4 nitrogen and oxygen atoms in total. The van der Waals surface area contributed by atoms with Crippen molar-refractivity contribution in [3.8, 4) is 0 Å². The van der Waals surface area contributed by atoms with Gasteiger partial charge in [0.25, 0.3) is 0 Å². The molecule has 0 bridgehead atoms. The van der Waals surface area contributed by atoms with E-state index < -0.39 is 0 Å². The number of nitrogens with zero attached hydrogens (tertiary/aromatic N) is 1. The molecule has 2 fully saturated rings. The van der Waals surface area contributed by atoms with Crippen molar-refractivity contribution in [2.24, 2.45) is 5.92 Å². The number of amides is 2.